The van der Waals surface area contributed by atoms with E-state index in [0.29, 0.717) is 0 Å². The maximum Gasteiger partial charge on any atom is 0.128 e. The second-order valence-corrected chi connectivity index (χ2v) is 6.03. The van der Waals surface area contributed by atoms with Gasteiger partial charge in [0.2, 0.25) is 0 Å². The summed E-state index contributed by atoms with van der Waals surface area (Å²) in [5.41, 5.74) is 0. The lowest BCUT2D eigenvalue weighted by Crippen LogP contribution is -2.63. The zero-order valence-corrected chi connectivity index (χ0v) is 10.0. The number of likely N-dealkylation sites (N-methyl/N-ethyl adjacent to an activating group) is 2. The molecule has 0 aromatic carbocycles. The Bertz CT molecular complexity index is 163. The van der Waals surface area contributed by atoms with Crippen molar-refractivity contribution >= 4 is 0 Å². The van der Waals surface area contributed by atoms with Crippen LogP contribution < -0.4 is 0 Å². The first-order valence-corrected chi connectivity index (χ1v) is 5.49. The molecule has 0 bridgehead atoms. The molecule has 0 aromatic rings. The number of hydrogen-bond acceptors (Lipinski definition) is 0. The highest BCUT2D eigenvalue weighted by molar-refractivity contribution is 4.50. The van der Waals surface area contributed by atoms with Crippen molar-refractivity contribution in [3.8, 4) is 0 Å². The fourth-order valence-electron chi connectivity index (χ4n) is 2.31. The third-order valence-electron chi connectivity index (χ3n) is 3.30. The van der Waals surface area contributed by atoms with Crippen molar-refractivity contribution < 1.29 is 8.97 Å². The van der Waals surface area contributed by atoms with Crippen LogP contribution in [0.2, 0.25) is 0 Å². The molecule has 0 saturated carbocycles. The molecule has 0 aromatic heterocycles. The lowest BCUT2D eigenvalue weighted by Gasteiger charge is -2.45. The molecular weight excluding hydrogens is 160 g/mol. The molecule has 78 valence electrons. The van der Waals surface area contributed by atoms with Crippen LogP contribution >= 0.6 is 0 Å². The van der Waals surface area contributed by atoms with Gasteiger partial charge in [-0.25, -0.2) is 0 Å². The van der Waals surface area contributed by atoms with Gasteiger partial charge in [-0.3, -0.25) is 0 Å². The maximum absolute atomic E-state index is 2.42. The van der Waals surface area contributed by atoms with Crippen molar-refractivity contribution in [1.82, 2.24) is 0 Å². The predicted molar refractivity (Wildman–Crippen MR) is 57.5 cm³/mol. The van der Waals surface area contributed by atoms with E-state index in [0.717, 1.165) is 5.92 Å². The SMILES string of the molecule is CC(C)C[N+]1(C)CC[N+](C)(C)CC1. The van der Waals surface area contributed by atoms with Crippen LogP contribution in [0.25, 0.3) is 0 Å². The zero-order chi connectivity index (χ0) is 10.1. The second-order valence-electron chi connectivity index (χ2n) is 6.03. The van der Waals surface area contributed by atoms with E-state index >= 15 is 0 Å². The lowest BCUT2D eigenvalue weighted by molar-refractivity contribution is -1.01. The van der Waals surface area contributed by atoms with Gasteiger partial charge in [0.15, 0.2) is 0 Å². The summed E-state index contributed by atoms with van der Waals surface area (Å²) < 4.78 is 2.51. The second kappa shape index (κ2) is 3.58. The number of piperazine rings is 1. The van der Waals surface area contributed by atoms with Gasteiger partial charge in [0, 0.05) is 5.92 Å². The summed E-state index contributed by atoms with van der Waals surface area (Å²) in [4.78, 5) is 0. The number of hydrogen-bond donors (Lipinski definition) is 0. The van der Waals surface area contributed by atoms with Gasteiger partial charge >= 0.3 is 0 Å². The van der Waals surface area contributed by atoms with Crippen molar-refractivity contribution in [1.29, 1.82) is 0 Å². The van der Waals surface area contributed by atoms with Crippen LogP contribution in [-0.2, 0) is 0 Å². The Labute approximate surface area is 83.3 Å². The van der Waals surface area contributed by atoms with Crippen molar-refractivity contribution in [3.63, 3.8) is 0 Å². The Hall–Kier alpha value is -0.0800. The first-order valence-electron chi connectivity index (χ1n) is 5.49. The van der Waals surface area contributed by atoms with Crippen LogP contribution in [0.5, 0.6) is 0 Å². The van der Waals surface area contributed by atoms with Crippen LogP contribution in [0.3, 0.4) is 0 Å². The first-order chi connectivity index (χ1) is 5.83. The molecule has 0 amide bonds. The fourth-order valence-corrected chi connectivity index (χ4v) is 2.31. The average Bonchev–Trinajstić information content (AvgIpc) is 1.95. The summed E-state index contributed by atoms with van der Waals surface area (Å²) in [6.45, 7) is 11.4. The molecule has 1 saturated heterocycles. The largest absolute Gasteiger partial charge is 0.319 e. The van der Waals surface area contributed by atoms with Gasteiger partial charge in [0.05, 0.1) is 27.7 Å². The summed E-state index contributed by atoms with van der Waals surface area (Å²) in [6, 6.07) is 0. The number of rotatable bonds is 2. The molecule has 2 nitrogen and oxygen atoms in total. The molecule has 0 atom stereocenters. The Balaban J connectivity index is 2.47. The third-order valence-corrected chi connectivity index (χ3v) is 3.30. The summed E-state index contributed by atoms with van der Waals surface area (Å²) >= 11 is 0. The first kappa shape index (κ1) is 11.0. The molecule has 0 radical (unpaired) electrons. The zero-order valence-electron chi connectivity index (χ0n) is 10.0. The van der Waals surface area contributed by atoms with Crippen molar-refractivity contribution in [2.24, 2.45) is 5.92 Å². The van der Waals surface area contributed by atoms with Crippen LogP contribution in [0.15, 0.2) is 0 Å². The Morgan fingerprint density at radius 3 is 1.77 bits per heavy atom. The van der Waals surface area contributed by atoms with E-state index in [1.807, 2.05) is 0 Å². The van der Waals surface area contributed by atoms with Gasteiger partial charge in [0.1, 0.15) is 26.2 Å². The average molecular weight is 186 g/mol. The van der Waals surface area contributed by atoms with Gasteiger partial charge in [-0.05, 0) is 0 Å². The maximum atomic E-state index is 2.42. The van der Waals surface area contributed by atoms with Crippen LogP contribution in [0.4, 0.5) is 0 Å². The van der Waals surface area contributed by atoms with Gasteiger partial charge in [0.25, 0.3) is 0 Å². The summed E-state index contributed by atoms with van der Waals surface area (Å²) in [5.74, 6) is 0.832. The van der Waals surface area contributed by atoms with E-state index in [1.54, 1.807) is 0 Å². The molecule has 0 N–H and O–H groups in total. The topological polar surface area (TPSA) is 0 Å². The predicted octanol–water partition coefficient (Wildman–Crippen LogP) is 1.18. The Kier molecular flexibility index (Phi) is 3.03. The van der Waals surface area contributed by atoms with E-state index < -0.39 is 0 Å². The number of nitrogens with zero attached hydrogens (tertiary/aromatic N) is 2. The molecule has 13 heavy (non-hydrogen) atoms. The molecule has 2 heteroatoms. The highest BCUT2D eigenvalue weighted by Crippen LogP contribution is 2.15. The van der Waals surface area contributed by atoms with Gasteiger partial charge in [-0.15, -0.1) is 0 Å². The van der Waals surface area contributed by atoms with E-state index in [2.05, 4.69) is 35.0 Å². The molecule has 1 aliphatic heterocycles. The Morgan fingerprint density at radius 1 is 0.923 bits per heavy atom. The smallest absolute Gasteiger partial charge is 0.128 e. The molecular formula is C11H26N2+2. The molecule has 1 fully saturated rings. The van der Waals surface area contributed by atoms with Crippen LogP contribution in [0, 0.1) is 5.92 Å². The summed E-state index contributed by atoms with van der Waals surface area (Å²) in [5, 5.41) is 0. The third kappa shape index (κ3) is 3.28. The van der Waals surface area contributed by atoms with Crippen LogP contribution in [0.1, 0.15) is 13.8 Å². The standard InChI is InChI=1S/C11H26N2/c1-11(2)10-13(5)8-6-12(3,4)7-9-13/h11H,6-10H2,1-5H3/q+2. The van der Waals surface area contributed by atoms with Crippen molar-refractivity contribution in [2.75, 3.05) is 53.9 Å². The fraction of sp³-hybridized carbons (Fsp3) is 1.00. The summed E-state index contributed by atoms with van der Waals surface area (Å²) in [6.07, 6.45) is 0. The minimum absolute atomic E-state index is 0.832. The summed E-state index contributed by atoms with van der Waals surface area (Å²) in [7, 11) is 7.11. The van der Waals surface area contributed by atoms with E-state index in [4.69, 9.17) is 0 Å². The quantitative estimate of drug-likeness (QED) is 0.568. The minimum atomic E-state index is 0.832. The monoisotopic (exact) mass is 186 g/mol. The van der Waals surface area contributed by atoms with E-state index in [1.165, 1.54) is 41.7 Å². The molecule has 1 heterocycles. The molecule has 0 spiro atoms. The molecule has 1 aliphatic rings. The highest BCUT2D eigenvalue weighted by atomic mass is 15.4. The van der Waals surface area contributed by atoms with Gasteiger partial charge in [-0.2, -0.15) is 0 Å². The normalized spacial score (nSPS) is 26.3. The van der Waals surface area contributed by atoms with Gasteiger partial charge < -0.3 is 8.97 Å². The Morgan fingerprint density at radius 2 is 1.38 bits per heavy atom. The molecule has 1 rings (SSSR count). The van der Waals surface area contributed by atoms with Crippen LogP contribution in [-0.4, -0.2) is 62.8 Å². The van der Waals surface area contributed by atoms with E-state index in [-0.39, 0.29) is 0 Å². The van der Waals surface area contributed by atoms with Crippen molar-refractivity contribution in [3.05, 3.63) is 0 Å². The van der Waals surface area contributed by atoms with Crippen molar-refractivity contribution in [2.45, 2.75) is 13.8 Å². The van der Waals surface area contributed by atoms with E-state index in [9.17, 15) is 0 Å². The highest BCUT2D eigenvalue weighted by Gasteiger charge is 2.34. The molecule has 0 aliphatic carbocycles. The lowest BCUT2D eigenvalue weighted by atomic mass is 10.1. The molecule has 0 unspecified atom stereocenters. The minimum Gasteiger partial charge on any atom is -0.319 e. The number of quaternary nitrogens is 2. The van der Waals surface area contributed by atoms with Gasteiger partial charge in [-0.1, -0.05) is 13.8 Å².